The molecule has 3 rings (SSSR count). The highest BCUT2D eigenvalue weighted by Gasteiger charge is 2.52. The van der Waals surface area contributed by atoms with Gasteiger partial charge in [-0.05, 0) is 30.4 Å². The number of aromatic nitrogens is 1. The van der Waals surface area contributed by atoms with Gasteiger partial charge in [0.05, 0.1) is 11.2 Å². The quantitative estimate of drug-likeness (QED) is 0.883. The third-order valence-corrected chi connectivity index (χ3v) is 7.14. The molecule has 1 N–H and O–H groups in total. The maximum absolute atomic E-state index is 5.10. The van der Waals surface area contributed by atoms with Gasteiger partial charge in [0, 0.05) is 22.6 Å². The third kappa shape index (κ3) is 2.91. The Morgan fingerprint density at radius 3 is 2.52 bits per heavy atom. The first-order valence-corrected chi connectivity index (χ1v) is 10.1. The zero-order valence-electron chi connectivity index (χ0n) is 14.0. The van der Waals surface area contributed by atoms with Crippen molar-refractivity contribution in [2.24, 2.45) is 5.41 Å². The Labute approximate surface area is 137 Å². The van der Waals surface area contributed by atoms with Gasteiger partial charge in [0.15, 0.2) is 0 Å². The fraction of sp³-hybridized carbons (Fsp3) is 0.824. The summed E-state index contributed by atoms with van der Waals surface area (Å²) in [5.41, 5.74) is 1.71. The molecule has 1 saturated carbocycles. The fourth-order valence-corrected chi connectivity index (χ4v) is 6.20. The van der Waals surface area contributed by atoms with Gasteiger partial charge in [-0.3, -0.25) is 0 Å². The molecule has 2 heterocycles. The van der Waals surface area contributed by atoms with Crippen molar-refractivity contribution < 1.29 is 0 Å². The smallest absolute Gasteiger partial charge is 0.114 e. The summed E-state index contributed by atoms with van der Waals surface area (Å²) in [6.07, 6.45) is 3.93. The molecule has 2 aliphatic rings. The van der Waals surface area contributed by atoms with Crippen LogP contribution in [0.4, 0.5) is 0 Å². The monoisotopic (exact) mass is 324 g/mol. The maximum atomic E-state index is 5.10. The van der Waals surface area contributed by atoms with Crippen LogP contribution in [0.2, 0.25) is 0 Å². The van der Waals surface area contributed by atoms with Crippen molar-refractivity contribution in [1.82, 2.24) is 10.3 Å². The highest BCUT2D eigenvalue weighted by molar-refractivity contribution is 7.99. The highest BCUT2D eigenvalue weighted by atomic mass is 32.2. The molecule has 1 aliphatic carbocycles. The van der Waals surface area contributed by atoms with Crippen LogP contribution >= 0.6 is 23.1 Å². The van der Waals surface area contributed by atoms with E-state index in [0.29, 0.717) is 6.04 Å². The van der Waals surface area contributed by atoms with E-state index >= 15 is 0 Å². The molecule has 0 spiro atoms. The molecule has 0 amide bonds. The summed E-state index contributed by atoms with van der Waals surface area (Å²) in [7, 11) is 0. The van der Waals surface area contributed by atoms with E-state index in [1.807, 2.05) is 11.3 Å². The van der Waals surface area contributed by atoms with E-state index in [2.05, 4.69) is 57.1 Å². The van der Waals surface area contributed by atoms with Crippen LogP contribution in [-0.4, -0.2) is 22.5 Å². The number of nitrogens with one attached hydrogen (secondary N) is 1. The zero-order valence-corrected chi connectivity index (χ0v) is 15.6. The number of thiazole rings is 1. The standard InChI is InChI=1S/C17H28N2S2/c1-15(2,3)13-10-21-14(18-13)17(19-12-6-7-12)11-20-9-8-16(17,4)5/h10,12,19H,6-9,11H2,1-5H3. The van der Waals surface area contributed by atoms with E-state index in [1.165, 1.54) is 35.7 Å². The zero-order chi connectivity index (χ0) is 15.3. The molecule has 1 unspecified atom stereocenters. The minimum atomic E-state index is 0.0608. The molecule has 21 heavy (non-hydrogen) atoms. The second-order valence-corrected chi connectivity index (χ2v) is 10.3. The van der Waals surface area contributed by atoms with Gasteiger partial charge in [0.25, 0.3) is 0 Å². The summed E-state index contributed by atoms with van der Waals surface area (Å²) >= 11 is 3.96. The van der Waals surface area contributed by atoms with E-state index < -0.39 is 0 Å². The van der Waals surface area contributed by atoms with Crippen LogP contribution in [0, 0.1) is 5.41 Å². The number of rotatable bonds is 3. The summed E-state index contributed by atoms with van der Waals surface area (Å²) in [5, 5.41) is 7.60. The first-order valence-electron chi connectivity index (χ1n) is 8.07. The van der Waals surface area contributed by atoms with Gasteiger partial charge in [0.1, 0.15) is 5.01 Å². The minimum absolute atomic E-state index is 0.0608. The topological polar surface area (TPSA) is 24.9 Å². The Balaban J connectivity index is 2.00. The minimum Gasteiger partial charge on any atom is -0.301 e. The number of thioether (sulfide) groups is 1. The number of nitrogens with zero attached hydrogens (tertiary/aromatic N) is 1. The van der Waals surface area contributed by atoms with Gasteiger partial charge in [0.2, 0.25) is 0 Å². The molecule has 0 aromatic carbocycles. The van der Waals surface area contributed by atoms with Crippen LogP contribution in [0.5, 0.6) is 0 Å². The molecule has 1 saturated heterocycles. The normalized spacial score (nSPS) is 29.6. The predicted molar refractivity (Wildman–Crippen MR) is 94.4 cm³/mol. The predicted octanol–water partition coefficient (Wildman–Crippen LogP) is 4.55. The molecular formula is C17H28N2S2. The van der Waals surface area contributed by atoms with Crippen molar-refractivity contribution in [2.45, 2.75) is 70.9 Å². The maximum Gasteiger partial charge on any atom is 0.114 e. The molecule has 1 aromatic heterocycles. The molecule has 118 valence electrons. The van der Waals surface area contributed by atoms with Crippen molar-refractivity contribution in [3.63, 3.8) is 0 Å². The van der Waals surface area contributed by atoms with Crippen molar-refractivity contribution in [1.29, 1.82) is 0 Å². The Morgan fingerprint density at radius 1 is 1.29 bits per heavy atom. The molecule has 0 bridgehead atoms. The number of hydrogen-bond donors (Lipinski definition) is 1. The fourth-order valence-electron chi connectivity index (χ4n) is 3.00. The second-order valence-electron chi connectivity index (χ2n) is 8.30. The van der Waals surface area contributed by atoms with E-state index in [-0.39, 0.29) is 16.4 Å². The molecule has 2 fully saturated rings. The van der Waals surface area contributed by atoms with Crippen molar-refractivity contribution in [3.05, 3.63) is 16.1 Å². The van der Waals surface area contributed by atoms with Crippen molar-refractivity contribution >= 4 is 23.1 Å². The first-order chi connectivity index (χ1) is 9.75. The van der Waals surface area contributed by atoms with Crippen LogP contribution in [0.15, 0.2) is 5.38 Å². The third-order valence-electron chi connectivity index (χ3n) is 5.01. The van der Waals surface area contributed by atoms with Crippen LogP contribution in [-0.2, 0) is 11.0 Å². The number of hydrogen-bond acceptors (Lipinski definition) is 4. The molecule has 0 radical (unpaired) electrons. The van der Waals surface area contributed by atoms with Gasteiger partial charge >= 0.3 is 0 Å². The summed E-state index contributed by atoms with van der Waals surface area (Å²) in [5.74, 6) is 2.44. The van der Waals surface area contributed by atoms with E-state index in [1.54, 1.807) is 0 Å². The van der Waals surface area contributed by atoms with Gasteiger partial charge in [-0.2, -0.15) is 11.8 Å². The van der Waals surface area contributed by atoms with Crippen molar-refractivity contribution in [2.75, 3.05) is 11.5 Å². The van der Waals surface area contributed by atoms with E-state index in [4.69, 9.17) is 4.98 Å². The van der Waals surface area contributed by atoms with Crippen LogP contribution in [0.3, 0.4) is 0 Å². The van der Waals surface area contributed by atoms with Crippen LogP contribution in [0.1, 0.15) is 64.6 Å². The van der Waals surface area contributed by atoms with Crippen LogP contribution in [0.25, 0.3) is 0 Å². The van der Waals surface area contributed by atoms with Gasteiger partial charge in [-0.25, -0.2) is 4.98 Å². The summed E-state index contributed by atoms with van der Waals surface area (Å²) in [6.45, 7) is 11.6. The Morgan fingerprint density at radius 2 is 2.00 bits per heavy atom. The first kappa shape index (κ1) is 15.8. The largest absolute Gasteiger partial charge is 0.301 e. The van der Waals surface area contributed by atoms with Crippen molar-refractivity contribution in [3.8, 4) is 0 Å². The molecule has 1 atom stereocenters. The summed E-state index contributed by atoms with van der Waals surface area (Å²) < 4.78 is 0. The average Bonchev–Trinajstić information content (AvgIpc) is 3.03. The Hall–Kier alpha value is -0.0600. The molecular weight excluding hydrogens is 296 g/mol. The lowest BCUT2D eigenvalue weighted by atomic mass is 9.71. The highest BCUT2D eigenvalue weighted by Crippen LogP contribution is 2.51. The molecule has 4 heteroatoms. The Kier molecular flexibility index (Phi) is 3.95. The lowest BCUT2D eigenvalue weighted by Crippen LogP contribution is -2.58. The molecule has 1 aromatic rings. The van der Waals surface area contributed by atoms with Crippen LogP contribution < -0.4 is 5.32 Å². The van der Waals surface area contributed by atoms with Gasteiger partial charge in [-0.15, -0.1) is 11.3 Å². The molecule has 1 aliphatic heterocycles. The van der Waals surface area contributed by atoms with E-state index in [0.717, 1.165) is 5.75 Å². The average molecular weight is 325 g/mol. The second kappa shape index (κ2) is 5.24. The van der Waals surface area contributed by atoms with E-state index in [9.17, 15) is 0 Å². The SMILES string of the molecule is CC(C)(C)c1csc(C2(NC3CC3)CSCCC2(C)C)n1. The lowest BCUT2D eigenvalue weighted by Gasteiger charge is -2.49. The van der Waals surface area contributed by atoms with Gasteiger partial charge in [-0.1, -0.05) is 34.6 Å². The molecule has 2 nitrogen and oxygen atoms in total. The Bertz CT molecular complexity index is 511. The van der Waals surface area contributed by atoms with Gasteiger partial charge < -0.3 is 5.32 Å². The lowest BCUT2D eigenvalue weighted by molar-refractivity contribution is 0.126. The summed E-state index contributed by atoms with van der Waals surface area (Å²) in [4.78, 5) is 5.10. The summed E-state index contributed by atoms with van der Waals surface area (Å²) in [6, 6.07) is 0.713.